The van der Waals surface area contributed by atoms with Crippen molar-refractivity contribution >= 4 is 5.91 Å². The highest BCUT2D eigenvalue weighted by Crippen LogP contribution is 2.31. The molecule has 0 spiro atoms. The molecule has 0 bridgehead atoms. The van der Waals surface area contributed by atoms with Gasteiger partial charge in [-0.15, -0.1) is 0 Å². The van der Waals surface area contributed by atoms with E-state index in [-0.39, 0.29) is 5.91 Å². The van der Waals surface area contributed by atoms with E-state index < -0.39 is 0 Å². The molecular weight excluding hydrogens is 320 g/mol. The molecule has 0 saturated carbocycles. The SMILES string of the molecule is O=C(Cc1ccc2c(c1)OCCO2)N1CCN(CC2CCCO2)CC1. The average Bonchev–Trinajstić information content (AvgIpc) is 3.15. The molecule has 0 aliphatic carbocycles. The maximum atomic E-state index is 12.6. The van der Waals surface area contributed by atoms with Crippen molar-refractivity contribution in [2.24, 2.45) is 0 Å². The Bertz CT molecular complexity index is 607. The molecular formula is C19H26N2O4. The quantitative estimate of drug-likeness (QED) is 0.823. The average molecular weight is 346 g/mol. The summed E-state index contributed by atoms with van der Waals surface area (Å²) < 4.78 is 16.8. The minimum atomic E-state index is 0.188. The Morgan fingerprint density at radius 1 is 1.04 bits per heavy atom. The summed E-state index contributed by atoms with van der Waals surface area (Å²) >= 11 is 0. The van der Waals surface area contributed by atoms with Gasteiger partial charge in [0.2, 0.25) is 5.91 Å². The van der Waals surface area contributed by atoms with Gasteiger partial charge in [0.15, 0.2) is 11.5 Å². The molecule has 4 rings (SSSR count). The maximum absolute atomic E-state index is 12.6. The Labute approximate surface area is 148 Å². The van der Waals surface area contributed by atoms with E-state index in [9.17, 15) is 4.79 Å². The number of piperazine rings is 1. The molecule has 1 atom stereocenters. The number of amides is 1. The van der Waals surface area contributed by atoms with Crippen molar-refractivity contribution in [2.45, 2.75) is 25.4 Å². The number of hydrogen-bond acceptors (Lipinski definition) is 5. The Hall–Kier alpha value is -1.79. The lowest BCUT2D eigenvalue weighted by Gasteiger charge is -2.35. The van der Waals surface area contributed by atoms with Gasteiger partial charge in [-0.25, -0.2) is 0 Å². The molecule has 1 unspecified atom stereocenters. The van der Waals surface area contributed by atoms with Crippen LogP contribution in [0.15, 0.2) is 18.2 Å². The second-order valence-corrected chi connectivity index (χ2v) is 6.97. The van der Waals surface area contributed by atoms with Crippen molar-refractivity contribution in [3.63, 3.8) is 0 Å². The van der Waals surface area contributed by atoms with Crippen LogP contribution in [-0.4, -0.2) is 74.4 Å². The summed E-state index contributed by atoms with van der Waals surface area (Å²) in [4.78, 5) is 17.0. The van der Waals surface area contributed by atoms with Gasteiger partial charge in [-0.3, -0.25) is 9.69 Å². The van der Waals surface area contributed by atoms with Crippen molar-refractivity contribution in [1.29, 1.82) is 0 Å². The molecule has 3 aliphatic rings. The van der Waals surface area contributed by atoms with Crippen LogP contribution in [-0.2, 0) is 16.0 Å². The summed E-state index contributed by atoms with van der Waals surface area (Å²) in [6.07, 6.45) is 3.16. The fraction of sp³-hybridized carbons (Fsp3) is 0.632. The zero-order chi connectivity index (χ0) is 17.1. The number of ether oxygens (including phenoxy) is 3. The third kappa shape index (κ3) is 4.07. The number of nitrogens with zero attached hydrogens (tertiary/aromatic N) is 2. The first-order valence-electron chi connectivity index (χ1n) is 9.28. The van der Waals surface area contributed by atoms with E-state index in [0.29, 0.717) is 25.7 Å². The van der Waals surface area contributed by atoms with Crippen molar-refractivity contribution < 1.29 is 19.0 Å². The summed E-state index contributed by atoms with van der Waals surface area (Å²) in [5.74, 6) is 1.71. The first-order valence-corrected chi connectivity index (χ1v) is 9.28. The van der Waals surface area contributed by atoms with Crippen LogP contribution in [0.5, 0.6) is 11.5 Å². The summed E-state index contributed by atoms with van der Waals surface area (Å²) in [6, 6.07) is 5.79. The van der Waals surface area contributed by atoms with Gasteiger partial charge in [-0.05, 0) is 30.5 Å². The fourth-order valence-corrected chi connectivity index (χ4v) is 3.74. The van der Waals surface area contributed by atoms with Crippen molar-refractivity contribution in [3.8, 4) is 11.5 Å². The van der Waals surface area contributed by atoms with E-state index in [0.717, 1.165) is 56.4 Å². The third-order valence-corrected chi connectivity index (χ3v) is 5.17. The van der Waals surface area contributed by atoms with Gasteiger partial charge in [0.05, 0.1) is 12.5 Å². The predicted octanol–water partition coefficient (Wildman–Crippen LogP) is 1.32. The molecule has 6 nitrogen and oxygen atoms in total. The van der Waals surface area contributed by atoms with Crippen molar-refractivity contribution in [1.82, 2.24) is 9.80 Å². The van der Waals surface area contributed by atoms with Crippen LogP contribution in [0.4, 0.5) is 0 Å². The van der Waals surface area contributed by atoms with Crippen molar-refractivity contribution in [2.75, 3.05) is 52.5 Å². The minimum absolute atomic E-state index is 0.188. The van der Waals surface area contributed by atoms with E-state index in [1.165, 1.54) is 12.8 Å². The molecule has 2 fully saturated rings. The highest BCUT2D eigenvalue weighted by molar-refractivity contribution is 5.79. The number of fused-ring (bicyclic) bond motifs is 1. The molecule has 1 aromatic carbocycles. The summed E-state index contributed by atoms with van der Waals surface area (Å²) in [6.45, 7) is 6.53. The van der Waals surface area contributed by atoms with Gasteiger partial charge in [0.25, 0.3) is 0 Å². The maximum Gasteiger partial charge on any atom is 0.227 e. The van der Waals surface area contributed by atoms with Crippen LogP contribution in [0, 0.1) is 0 Å². The summed E-state index contributed by atoms with van der Waals surface area (Å²) in [7, 11) is 0. The van der Waals surface area contributed by atoms with E-state index in [1.54, 1.807) is 0 Å². The predicted molar refractivity (Wildman–Crippen MR) is 93.1 cm³/mol. The molecule has 136 valence electrons. The van der Waals surface area contributed by atoms with E-state index in [2.05, 4.69) is 4.90 Å². The van der Waals surface area contributed by atoms with Gasteiger partial charge in [-0.2, -0.15) is 0 Å². The Morgan fingerprint density at radius 3 is 2.60 bits per heavy atom. The van der Waals surface area contributed by atoms with Gasteiger partial charge in [-0.1, -0.05) is 6.07 Å². The van der Waals surface area contributed by atoms with Crippen molar-refractivity contribution in [3.05, 3.63) is 23.8 Å². The van der Waals surface area contributed by atoms with E-state index in [4.69, 9.17) is 14.2 Å². The Kier molecular flexibility index (Phi) is 5.08. The smallest absolute Gasteiger partial charge is 0.227 e. The van der Waals surface area contributed by atoms with Crippen LogP contribution in [0.3, 0.4) is 0 Å². The molecule has 2 saturated heterocycles. The van der Waals surface area contributed by atoms with Crippen LogP contribution >= 0.6 is 0 Å². The first-order chi connectivity index (χ1) is 12.3. The Morgan fingerprint density at radius 2 is 1.84 bits per heavy atom. The lowest BCUT2D eigenvalue weighted by Crippen LogP contribution is -2.50. The molecule has 3 heterocycles. The standard InChI is InChI=1S/C19H26N2O4/c22-19(13-15-3-4-17-18(12-15)25-11-10-24-17)21-7-5-20(6-8-21)14-16-2-1-9-23-16/h3-4,12,16H,1-2,5-11,13-14H2. The summed E-state index contributed by atoms with van der Waals surface area (Å²) in [5.41, 5.74) is 0.982. The van der Waals surface area contributed by atoms with Crippen LogP contribution in [0.25, 0.3) is 0 Å². The molecule has 1 amide bonds. The molecule has 0 N–H and O–H groups in total. The summed E-state index contributed by atoms with van der Waals surface area (Å²) in [5, 5.41) is 0. The fourth-order valence-electron chi connectivity index (χ4n) is 3.74. The normalized spacial score (nSPS) is 23.7. The molecule has 1 aromatic rings. The second kappa shape index (κ2) is 7.62. The third-order valence-electron chi connectivity index (χ3n) is 5.17. The molecule has 0 aromatic heterocycles. The topological polar surface area (TPSA) is 51.2 Å². The minimum Gasteiger partial charge on any atom is -0.486 e. The second-order valence-electron chi connectivity index (χ2n) is 6.97. The zero-order valence-corrected chi connectivity index (χ0v) is 14.6. The Balaban J connectivity index is 1.27. The lowest BCUT2D eigenvalue weighted by atomic mass is 10.1. The number of rotatable bonds is 4. The highest BCUT2D eigenvalue weighted by atomic mass is 16.6. The molecule has 3 aliphatic heterocycles. The number of carbonyl (C=O) groups is 1. The monoisotopic (exact) mass is 346 g/mol. The molecule has 0 radical (unpaired) electrons. The largest absolute Gasteiger partial charge is 0.486 e. The zero-order valence-electron chi connectivity index (χ0n) is 14.6. The van der Waals surface area contributed by atoms with Gasteiger partial charge in [0, 0.05) is 39.3 Å². The molecule has 6 heteroatoms. The number of benzene rings is 1. The highest BCUT2D eigenvalue weighted by Gasteiger charge is 2.25. The van der Waals surface area contributed by atoms with E-state index in [1.807, 2.05) is 23.1 Å². The van der Waals surface area contributed by atoms with Crippen LogP contribution in [0.1, 0.15) is 18.4 Å². The van der Waals surface area contributed by atoms with Gasteiger partial charge < -0.3 is 19.1 Å². The van der Waals surface area contributed by atoms with E-state index >= 15 is 0 Å². The van der Waals surface area contributed by atoms with Gasteiger partial charge >= 0.3 is 0 Å². The number of carbonyl (C=O) groups excluding carboxylic acids is 1. The number of hydrogen-bond donors (Lipinski definition) is 0. The lowest BCUT2D eigenvalue weighted by molar-refractivity contribution is -0.132. The molecule has 25 heavy (non-hydrogen) atoms. The van der Waals surface area contributed by atoms with Crippen LogP contribution in [0.2, 0.25) is 0 Å². The van der Waals surface area contributed by atoms with Gasteiger partial charge in [0.1, 0.15) is 13.2 Å². The first kappa shape index (κ1) is 16.7. The van der Waals surface area contributed by atoms with Crippen LogP contribution < -0.4 is 9.47 Å².